The van der Waals surface area contributed by atoms with Gasteiger partial charge in [-0.25, -0.2) is 0 Å². The molecule has 1 amide bonds. The van der Waals surface area contributed by atoms with E-state index in [1.165, 1.54) is 0 Å². The highest BCUT2D eigenvalue weighted by atomic mass is 35.5. The van der Waals surface area contributed by atoms with Crippen LogP contribution in [0.4, 0.5) is 0 Å². The summed E-state index contributed by atoms with van der Waals surface area (Å²) in [4.78, 5) is 25.3. The zero-order valence-corrected chi connectivity index (χ0v) is 14.7. The number of fused-ring (bicyclic) bond motifs is 1. The Labute approximate surface area is 150 Å². The highest BCUT2D eigenvalue weighted by molar-refractivity contribution is 6.31. The van der Waals surface area contributed by atoms with E-state index in [4.69, 9.17) is 11.6 Å². The number of benzene rings is 2. The van der Waals surface area contributed by atoms with Crippen molar-refractivity contribution >= 4 is 28.4 Å². The van der Waals surface area contributed by atoms with Crippen molar-refractivity contribution in [3.63, 3.8) is 0 Å². The SMILES string of the molecule is CCn1nc(C(=O)NC(C)c2ccccc2)c(=O)c2cc(Cl)ccc21. The Balaban J connectivity index is 2.01. The number of aryl methyl sites for hydroxylation is 1. The van der Waals surface area contributed by atoms with Crippen LogP contribution in [0.25, 0.3) is 10.9 Å². The van der Waals surface area contributed by atoms with Crippen LogP contribution in [0.2, 0.25) is 5.02 Å². The van der Waals surface area contributed by atoms with Crippen LogP contribution < -0.4 is 10.7 Å². The first-order valence-corrected chi connectivity index (χ1v) is 8.45. The molecule has 0 fully saturated rings. The number of hydrogen-bond donors (Lipinski definition) is 1. The van der Waals surface area contributed by atoms with E-state index in [0.717, 1.165) is 5.56 Å². The van der Waals surface area contributed by atoms with E-state index >= 15 is 0 Å². The molecule has 5 nitrogen and oxygen atoms in total. The standard InChI is InChI=1S/C19H18ClN3O2/c1-3-23-16-10-9-14(20)11-15(16)18(24)17(22-23)19(25)21-12(2)13-7-5-4-6-8-13/h4-12H,3H2,1-2H3,(H,21,25). The minimum atomic E-state index is -0.495. The summed E-state index contributed by atoms with van der Waals surface area (Å²) in [6, 6.07) is 14.3. The molecule has 6 heteroatoms. The molecule has 128 valence electrons. The molecule has 0 radical (unpaired) electrons. The van der Waals surface area contributed by atoms with E-state index in [-0.39, 0.29) is 11.7 Å². The zero-order valence-electron chi connectivity index (χ0n) is 14.0. The summed E-state index contributed by atoms with van der Waals surface area (Å²) >= 11 is 6.01. The largest absolute Gasteiger partial charge is 0.344 e. The van der Waals surface area contributed by atoms with E-state index in [9.17, 15) is 9.59 Å². The number of aromatic nitrogens is 2. The van der Waals surface area contributed by atoms with Gasteiger partial charge < -0.3 is 5.32 Å². The molecular formula is C19H18ClN3O2. The Morgan fingerprint density at radius 1 is 1.24 bits per heavy atom. The van der Waals surface area contributed by atoms with Crippen molar-refractivity contribution in [2.45, 2.75) is 26.4 Å². The van der Waals surface area contributed by atoms with Crippen LogP contribution in [0, 0.1) is 0 Å². The van der Waals surface area contributed by atoms with Crippen molar-refractivity contribution in [3.8, 4) is 0 Å². The Kier molecular flexibility index (Phi) is 4.86. The lowest BCUT2D eigenvalue weighted by atomic mass is 10.1. The second kappa shape index (κ2) is 7.07. The van der Waals surface area contributed by atoms with Crippen LogP contribution in [-0.2, 0) is 6.54 Å². The van der Waals surface area contributed by atoms with Crippen molar-refractivity contribution in [2.24, 2.45) is 0 Å². The summed E-state index contributed by atoms with van der Waals surface area (Å²) in [5.41, 5.74) is 1.07. The van der Waals surface area contributed by atoms with Crippen LogP contribution in [0.3, 0.4) is 0 Å². The van der Waals surface area contributed by atoms with Crippen LogP contribution >= 0.6 is 11.6 Å². The van der Waals surface area contributed by atoms with Gasteiger partial charge in [0.1, 0.15) is 0 Å². The topological polar surface area (TPSA) is 64.0 Å². The van der Waals surface area contributed by atoms with Crippen LogP contribution in [0.5, 0.6) is 0 Å². The third-order valence-corrected chi connectivity index (χ3v) is 4.31. The predicted octanol–water partition coefficient (Wildman–Crippen LogP) is 3.56. The Hall–Kier alpha value is -2.66. The number of halogens is 1. The first-order chi connectivity index (χ1) is 12.0. The molecule has 0 saturated carbocycles. The summed E-state index contributed by atoms with van der Waals surface area (Å²) < 4.78 is 1.63. The molecule has 0 saturated heterocycles. The second-order valence-corrected chi connectivity index (χ2v) is 6.20. The smallest absolute Gasteiger partial charge is 0.276 e. The fourth-order valence-corrected chi connectivity index (χ4v) is 2.91. The number of amides is 1. The number of nitrogens with zero attached hydrogens (tertiary/aromatic N) is 2. The van der Waals surface area contributed by atoms with E-state index in [2.05, 4.69) is 10.4 Å². The second-order valence-electron chi connectivity index (χ2n) is 5.76. The fraction of sp³-hybridized carbons (Fsp3) is 0.211. The van der Waals surface area contributed by atoms with Gasteiger partial charge in [-0.15, -0.1) is 0 Å². The van der Waals surface area contributed by atoms with Gasteiger partial charge in [-0.05, 0) is 37.6 Å². The quantitative estimate of drug-likeness (QED) is 0.778. The number of carbonyl (C=O) groups is 1. The molecule has 0 aliphatic carbocycles. The van der Waals surface area contributed by atoms with Gasteiger partial charge in [0, 0.05) is 11.6 Å². The number of carbonyl (C=O) groups excluding carboxylic acids is 1. The molecule has 3 rings (SSSR count). The molecule has 1 aromatic heterocycles. The third-order valence-electron chi connectivity index (χ3n) is 4.08. The van der Waals surface area contributed by atoms with Crippen LogP contribution in [0.1, 0.15) is 35.9 Å². The van der Waals surface area contributed by atoms with Crippen molar-refractivity contribution in [2.75, 3.05) is 0 Å². The molecule has 0 aliphatic rings. The molecule has 25 heavy (non-hydrogen) atoms. The van der Waals surface area contributed by atoms with Gasteiger partial charge in [-0.3, -0.25) is 14.3 Å². The lowest BCUT2D eigenvalue weighted by Crippen LogP contribution is -2.33. The van der Waals surface area contributed by atoms with Gasteiger partial charge in [-0.1, -0.05) is 41.9 Å². The highest BCUT2D eigenvalue weighted by Gasteiger charge is 2.19. The molecule has 0 aliphatic heterocycles. The maximum atomic E-state index is 12.7. The molecule has 1 heterocycles. The molecule has 3 aromatic rings. The van der Waals surface area contributed by atoms with E-state index in [0.29, 0.717) is 22.5 Å². The monoisotopic (exact) mass is 355 g/mol. The Morgan fingerprint density at radius 3 is 2.64 bits per heavy atom. The van der Waals surface area contributed by atoms with Crippen molar-refractivity contribution < 1.29 is 4.79 Å². The fourth-order valence-electron chi connectivity index (χ4n) is 2.74. The minimum Gasteiger partial charge on any atom is -0.344 e. The maximum Gasteiger partial charge on any atom is 0.276 e. The lowest BCUT2D eigenvalue weighted by molar-refractivity contribution is 0.0931. The molecule has 1 N–H and O–H groups in total. The zero-order chi connectivity index (χ0) is 18.0. The minimum absolute atomic E-state index is 0.126. The molecule has 1 unspecified atom stereocenters. The summed E-state index contributed by atoms with van der Waals surface area (Å²) in [5, 5.41) is 7.92. The Bertz CT molecular complexity index is 983. The lowest BCUT2D eigenvalue weighted by Gasteiger charge is -2.15. The van der Waals surface area contributed by atoms with Gasteiger partial charge in [0.2, 0.25) is 5.43 Å². The third kappa shape index (κ3) is 3.42. The highest BCUT2D eigenvalue weighted by Crippen LogP contribution is 2.17. The van der Waals surface area contributed by atoms with Crippen molar-refractivity contribution in [3.05, 3.63) is 75.0 Å². The van der Waals surface area contributed by atoms with Crippen LogP contribution in [0.15, 0.2) is 53.3 Å². The summed E-state index contributed by atoms with van der Waals surface area (Å²) in [7, 11) is 0. The first kappa shape index (κ1) is 17.2. The van der Waals surface area contributed by atoms with Gasteiger partial charge in [0.25, 0.3) is 5.91 Å². The molecule has 2 aromatic carbocycles. The normalized spacial score (nSPS) is 12.1. The van der Waals surface area contributed by atoms with Gasteiger partial charge in [0.15, 0.2) is 5.69 Å². The van der Waals surface area contributed by atoms with Gasteiger partial charge >= 0.3 is 0 Å². The number of rotatable bonds is 4. The van der Waals surface area contributed by atoms with Crippen molar-refractivity contribution in [1.82, 2.24) is 15.1 Å². The summed E-state index contributed by atoms with van der Waals surface area (Å²) in [6.45, 7) is 4.30. The Morgan fingerprint density at radius 2 is 1.96 bits per heavy atom. The molecular weight excluding hydrogens is 338 g/mol. The average Bonchev–Trinajstić information content (AvgIpc) is 2.63. The average molecular weight is 356 g/mol. The number of nitrogens with one attached hydrogen (secondary N) is 1. The van der Waals surface area contributed by atoms with Crippen molar-refractivity contribution in [1.29, 1.82) is 0 Å². The van der Waals surface area contributed by atoms with Gasteiger partial charge in [0.05, 0.1) is 16.9 Å². The first-order valence-electron chi connectivity index (χ1n) is 8.07. The molecule has 0 spiro atoms. The summed E-state index contributed by atoms with van der Waals surface area (Å²) in [5.74, 6) is -0.495. The maximum absolute atomic E-state index is 12.7. The van der Waals surface area contributed by atoms with E-state index in [1.54, 1.807) is 22.9 Å². The van der Waals surface area contributed by atoms with E-state index in [1.807, 2.05) is 44.2 Å². The summed E-state index contributed by atoms with van der Waals surface area (Å²) in [6.07, 6.45) is 0. The molecule has 0 bridgehead atoms. The van der Waals surface area contributed by atoms with E-state index < -0.39 is 11.3 Å². The molecule has 1 atom stereocenters. The predicted molar refractivity (Wildman–Crippen MR) is 99.0 cm³/mol. The van der Waals surface area contributed by atoms with Crippen LogP contribution in [-0.4, -0.2) is 15.7 Å². The number of hydrogen-bond acceptors (Lipinski definition) is 3. The van der Waals surface area contributed by atoms with Gasteiger partial charge in [-0.2, -0.15) is 5.10 Å².